The Morgan fingerprint density at radius 3 is 2.95 bits per heavy atom. The van der Waals surface area contributed by atoms with Gasteiger partial charge in [0.25, 0.3) is 5.91 Å². The van der Waals surface area contributed by atoms with Crippen LogP contribution in [-0.4, -0.2) is 29.0 Å². The van der Waals surface area contributed by atoms with E-state index in [1.54, 1.807) is 13.1 Å². The van der Waals surface area contributed by atoms with Crippen molar-refractivity contribution in [3.8, 4) is 5.75 Å². The van der Waals surface area contributed by atoms with Gasteiger partial charge in [0.15, 0.2) is 0 Å². The van der Waals surface area contributed by atoms with Gasteiger partial charge >= 0.3 is 0 Å². The molecule has 118 valence electrons. The van der Waals surface area contributed by atoms with Crippen molar-refractivity contribution in [1.82, 2.24) is 15.3 Å². The van der Waals surface area contributed by atoms with E-state index in [9.17, 15) is 9.18 Å². The molecule has 1 unspecified atom stereocenters. The van der Waals surface area contributed by atoms with Crippen molar-refractivity contribution in [2.75, 3.05) is 13.2 Å². The fraction of sp³-hybridized carbons (Fsp3) is 0.333. The van der Waals surface area contributed by atoms with Gasteiger partial charge in [0.05, 0.1) is 11.6 Å². The number of aryl methyl sites for hydroxylation is 1. The summed E-state index contributed by atoms with van der Waals surface area (Å²) in [5.74, 6) is -0.0151. The molecule has 7 heteroatoms. The first-order chi connectivity index (χ1) is 10.5. The van der Waals surface area contributed by atoms with Crippen LogP contribution >= 0.6 is 0 Å². The molecule has 0 saturated heterocycles. The van der Waals surface area contributed by atoms with Gasteiger partial charge < -0.3 is 20.8 Å². The van der Waals surface area contributed by atoms with Crippen LogP contribution in [0.25, 0.3) is 0 Å². The van der Waals surface area contributed by atoms with Gasteiger partial charge in [0, 0.05) is 18.4 Å². The molecule has 1 amide bonds. The highest BCUT2D eigenvalue weighted by molar-refractivity contribution is 5.97. The van der Waals surface area contributed by atoms with Gasteiger partial charge in [0.2, 0.25) is 0 Å². The number of carbonyl (C=O) groups excluding carboxylic acids is 1. The summed E-state index contributed by atoms with van der Waals surface area (Å²) in [5.41, 5.74) is 6.40. The summed E-state index contributed by atoms with van der Waals surface area (Å²) >= 11 is 0. The van der Waals surface area contributed by atoms with Crippen LogP contribution in [-0.2, 0) is 0 Å². The summed E-state index contributed by atoms with van der Waals surface area (Å²) in [4.78, 5) is 19.5. The highest BCUT2D eigenvalue weighted by atomic mass is 19.1. The van der Waals surface area contributed by atoms with Gasteiger partial charge in [-0.15, -0.1) is 0 Å². The minimum atomic E-state index is -0.508. The fourth-order valence-electron chi connectivity index (χ4n) is 1.97. The van der Waals surface area contributed by atoms with Crippen LogP contribution in [0.5, 0.6) is 5.75 Å². The predicted octanol–water partition coefficient (Wildman–Crippen LogP) is 1.69. The van der Waals surface area contributed by atoms with E-state index in [0.717, 1.165) is 11.8 Å². The summed E-state index contributed by atoms with van der Waals surface area (Å²) in [6.45, 7) is 4.21. The SMILES string of the molecule is Cc1cnc(C(C)NC(=O)c2cc(F)ccc2OCCN)[nH]1. The maximum absolute atomic E-state index is 13.4. The molecule has 0 fully saturated rings. The van der Waals surface area contributed by atoms with Gasteiger partial charge in [-0.1, -0.05) is 0 Å². The smallest absolute Gasteiger partial charge is 0.255 e. The monoisotopic (exact) mass is 306 g/mol. The molecule has 4 N–H and O–H groups in total. The van der Waals surface area contributed by atoms with E-state index in [1.807, 2.05) is 6.92 Å². The van der Waals surface area contributed by atoms with E-state index in [-0.39, 0.29) is 18.2 Å². The number of nitrogens with two attached hydrogens (primary N) is 1. The number of hydrogen-bond donors (Lipinski definition) is 3. The second kappa shape index (κ2) is 7.04. The number of carbonyl (C=O) groups is 1. The lowest BCUT2D eigenvalue weighted by atomic mass is 10.1. The van der Waals surface area contributed by atoms with Gasteiger partial charge in [-0.05, 0) is 32.0 Å². The Bertz CT molecular complexity index is 657. The number of imidazole rings is 1. The van der Waals surface area contributed by atoms with Crippen molar-refractivity contribution >= 4 is 5.91 Å². The lowest BCUT2D eigenvalue weighted by molar-refractivity contribution is 0.0934. The second-order valence-electron chi connectivity index (χ2n) is 4.92. The Hall–Kier alpha value is -2.41. The number of halogens is 1. The van der Waals surface area contributed by atoms with Crippen LogP contribution in [0.4, 0.5) is 4.39 Å². The van der Waals surface area contributed by atoms with Gasteiger partial charge in [0.1, 0.15) is 24.0 Å². The molecule has 0 aliphatic rings. The molecule has 2 rings (SSSR count). The molecule has 2 aromatic rings. The molecule has 1 aromatic carbocycles. The van der Waals surface area contributed by atoms with Gasteiger partial charge in [-0.2, -0.15) is 0 Å². The molecule has 22 heavy (non-hydrogen) atoms. The standard InChI is InChI=1S/C15H19FN4O2/c1-9-8-18-14(19-9)10(2)20-15(21)12-7-11(16)3-4-13(12)22-6-5-17/h3-4,7-8,10H,5-6,17H2,1-2H3,(H,18,19)(H,20,21). The zero-order valence-corrected chi connectivity index (χ0v) is 12.5. The topological polar surface area (TPSA) is 93.0 Å². The zero-order chi connectivity index (χ0) is 16.1. The van der Waals surface area contributed by atoms with Crippen molar-refractivity contribution < 1.29 is 13.9 Å². The summed E-state index contributed by atoms with van der Waals surface area (Å²) in [6.07, 6.45) is 1.68. The second-order valence-corrected chi connectivity index (χ2v) is 4.92. The van der Waals surface area contributed by atoms with E-state index in [0.29, 0.717) is 18.1 Å². The number of nitrogens with one attached hydrogen (secondary N) is 2. The fourth-order valence-corrected chi connectivity index (χ4v) is 1.97. The largest absolute Gasteiger partial charge is 0.491 e. The Labute approximate surface area is 127 Å². The maximum Gasteiger partial charge on any atom is 0.255 e. The number of aromatic nitrogens is 2. The highest BCUT2D eigenvalue weighted by Crippen LogP contribution is 2.21. The highest BCUT2D eigenvalue weighted by Gasteiger charge is 2.18. The molecule has 0 aliphatic heterocycles. The summed E-state index contributed by atoms with van der Waals surface area (Å²) in [5, 5.41) is 2.76. The van der Waals surface area contributed by atoms with Crippen molar-refractivity contribution in [3.05, 3.63) is 47.3 Å². The molecular weight excluding hydrogens is 287 g/mol. The summed E-state index contributed by atoms with van der Waals surface area (Å²) < 4.78 is 18.8. The number of rotatable bonds is 6. The van der Waals surface area contributed by atoms with Crippen molar-refractivity contribution in [1.29, 1.82) is 0 Å². The molecule has 0 spiro atoms. The molecule has 0 aliphatic carbocycles. The lowest BCUT2D eigenvalue weighted by Crippen LogP contribution is -2.28. The first-order valence-corrected chi connectivity index (χ1v) is 6.96. The number of H-pyrrole nitrogens is 1. The zero-order valence-electron chi connectivity index (χ0n) is 12.5. The minimum Gasteiger partial charge on any atom is -0.491 e. The summed E-state index contributed by atoms with van der Waals surface area (Å²) in [7, 11) is 0. The predicted molar refractivity (Wildman–Crippen MR) is 80.2 cm³/mol. The number of ether oxygens (including phenoxy) is 1. The molecule has 0 radical (unpaired) electrons. The normalized spacial score (nSPS) is 12.0. The molecular formula is C15H19FN4O2. The van der Waals surface area contributed by atoms with E-state index in [2.05, 4.69) is 15.3 Å². The van der Waals surface area contributed by atoms with Crippen LogP contribution in [0.3, 0.4) is 0 Å². The quantitative estimate of drug-likeness (QED) is 0.757. The van der Waals surface area contributed by atoms with Crippen LogP contribution in [0.15, 0.2) is 24.4 Å². The summed E-state index contributed by atoms with van der Waals surface area (Å²) in [6, 6.07) is 3.46. The van der Waals surface area contributed by atoms with E-state index >= 15 is 0 Å². The van der Waals surface area contributed by atoms with Gasteiger partial charge in [-0.3, -0.25) is 4.79 Å². The number of hydrogen-bond acceptors (Lipinski definition) is 4. The average molecular weight is 306 g/mol. The van der Waals surface area contributed by atoms with Crippen LogP contribution in [0.1, 0.15) is 34.8 Å². The van der Waals surface area contributed by atoms with Crippen LogP contribution in [0, 0.1) is 12.7 Å². The van der Waals surface area contributed by atoms with Gasteiger partial charge in [-0.25, -0.2) is 9.37 Å². The maximum atomic E-state index is 13.4. The van der Waals surface area contributed by atoms with E-state index in [4.69, 9.17) is 10.5 Å². The van der Waals surface area contributed by atoms with Crippen molar-refractivity contribution in [2.45, 2.75) is 19.9 Å². The third-order valence-corrected chi connectivity index (χ3v) is 3.04. The number of amides is 1. The molecule has 1 atom stereocenters. The molecule has 0 saturated carbocycles. The first-order valence-electron chi connectivity index (χ1n) is 6.96. The van der Waals surface area contributed by atoms with Crippen molar-refractivity contribution in [2.24, 2.45) is 5.73 Å². The third-order valence-electron chi connectivity index (χ3n) is 3.04. The Kier molecular flexibility index (Phi) is 5.11. The van der Waals surface area contributed by atoms with Crippen LogP contribution in [0.2, 0.25) is 0 Å². The Morgan fingerprint density at radius 2 is 2.32 bits per heavy atom. The first kappa shape index (κ1) is 16.0. The Morgan fingerprint density at radius 1 is 1.55 bits per heavy atom. The van der Waals surface area contributed by atoms with E-state index in [1.165, 1.54) is 12.1 Å². The average Bonchev–Trinajstić information content (AvgIpc) is 2.92. The van der Waals surface area contributed by atoms with Crippen molar-refractivity contribution in [3.63, 3.8) is 0 Å². The third kappa shape index (κ3) is 3.82. The molecule has 1 aromatic heterocycles. The lowest BCUT2D eigenvalue weighted by Gasteiger charge is -2.14. The molecule has 1 heterocycles. The molecule has 6 nitrogen and oxygen atoms in total. The van der Waals surface area contributed by atoms with Crippen LogP contribution < -0.4 is 15.8 Å². The minimum absolute atomic E-state index is 0.128. The number of nitrogens with zero attached hydrogens (tertiary/aromatic N) is 1. The number of aromatic amines is 1. The Balaban J connectivity index is 2.15. The number of benzene rings is 1. The molecule has 0 bridgehead atoms. The van der Waals surface area contributed by atoms with E-state index < -0.39 is 11.7 Å².